The Morgan fingerprint density at radius 2 is 2.15 bits per heavy atom. The Balaban J connectivity index is 2.31. The number of hydrogen-bond donors (Lipinski definition) is 1. The number of furan rings is 1. The van der Waals surface area contributed by atoms with Crippen molar-refractivity contribution in [1.82, 2.24) is 14.7 Å². The number of nitrogens with two attached hydrogens (primary N) is 1. The molecule has 0 radical (unpaired) electrons. The number of aromatic nitrogens is 2. The molecule has 0 bridgehead atoms. The van der Waals surface area contributed by atoms with Gasteiger partial charge >= 0.3 is 0 Å². The third kappa shape index (κ3) is 3.06. The van der Waals surface area contributed by atoms with E-state index in [0.717, 1.165) is 35.9 Å². The molecule has 20 heavy (non-hydrogen) atoms. The molecule has 6 heteroatoms. The van der Waals surface area contributed by atoms with Crippen molar-refractivity contribution in [2.45, 2.75) is 26.4 Å². The van der Waals surface area contributed by atoms with Crippen LogP contribution in [-0.4, -0.2) is 35.3 Å². The lowest BCUT2D eigenvalue weighted by Gasteiger charge is -2.16. The van der Waals surface area contributed by atoms with Crippen molar-refractivity contribution in [3.8, 4) is 0 Å². The molecule has 0 aliphatic heterocycles. The molecule has 2 rings (SSSR count). The second-order valence-corrected chi connectivity index (χ2v) is 5.66. The van der Waals surface area contributed by atoms with E-state index in [2.05, 4.69) is 10.00 Å². The highest BCUT2D eigenvalue weighted by atomic mass is 35.5. The minimum Gasteiger partial charge on any atom is -0.466 e. The molecule has 1 atom stereocenters. The molecule has 110 valence electrons. The van der Waals surface area contributed by atoms with E-state index in [0.29, 0.717) is 5.02 Å². The molecule has 2 N–H and O–H groups in total. The summed E-state index contributed by atoms with van der Waals surface area (Å²) in [7, 11) is 4.04. The van der Waals surface area contributed by atoms with Crippen LogP contribution in [0.15, 0.2) is 16.7 Å². The Morgan fingerprint density at radius 1 is 1.45 bits per heavy atom. The van der Waals surface area contributed by atoms with Crippen molar-refractivity contribution >= 4 is 11.6 Å². The zero-order chi connectivity index (χ0) is 14.9. The van der Waals surface area contributed by atoms with Crippen LogP contribution in [0.4, 0.5) is 0 Å². The molecule has 2 aromatic heterocycles. The molecular formula is C14H21ClN4O. The summed E-state index contributed by atoms with van der Waals surface area (Å²) < 4.78 is 7.42. The van der Waals surface area contributed by atoms with Crippen LogP contribution < -0.4 is 5.73 Å². The first kappa shape index (κ1) is 15.1. The van der Waals surface area contributed by atoms with Crippen LogP contribution in [0.1, 0.15) is 28.8 Å². The third-order valence-corrected chi connectivity index (χ3v) is 3.59. The van der Waals surface area contributed by atoms with Crippen molar-refractivity contribution in [3.05, 3.63) is 40.1 Å². The molecule has 0 spiro atoms. The Hall–Kier alpha value is -1.30. The smallest absolute Gasteiger partial charge is 0.106 e. The van der Waals surface area contributed by atoms with Crippen LogP contribution in [0.2, 0.25) is 5.02 Å². The first-order chi connectivity index (χ1) is 9.40. The standard InChI is InChI=1S/C14H21ClN4O/c1-9-7-11(10(2)20-9)13(16)14-12(15)8-17-19(14)6-5-18(3)4/h7-8,13H,5-6,16H2,1-4H3. The fourth-order valence-electron chi connectivity index (χ4n) is 2.26. The van der Waals surface area contributed by atoms with E-state index in [4.69, 9.17) is 21.8 Å². The Bertz CT molecular complexity index is 588. The van der Waals surface area contributed by atoms with Crippen molar-refractivity contribution in [2.75, 3.05) is 20.6 Å². The third-order valence-electron chi connectivity index (χ3n) is 3.30. The lowest BCUT2D eigenvalue weighted by molar-refractivity contribution is 0.368. The van der Waals surface area contributed by atoms with Crippen molar-refractivity contribution in [1.29, 1.82) is 0 Å². The summed E-state index contributed by atoms with van der Waals surface area (Å²) in [6, 6.07) is 1.63. The fourth-order valence-corrected chi connectivity index (χ4v) is 2.52. The summed E-state index contributed by atoms with van der Waals surface area (Å²) in [5.41, 5.74) is 8.15. The van der Waals surface area contributed by atoms with Crippen LogP contribution in [0.3, 0.4) is 0 Å². The molecule has 2 heterocycles. The second kappa shape index (κ2) is 5.99. The Labute approximate surface area is 124 Å². The molecule has 0 saturated carbocycles. The number of halogens is 1. The molecule has 0 fully saturated rings. The van der Waals surface area contributed by atoms with E-state index >= 15 is 0 Å². The summed E-state index contributed by atoms with van der Waals surface area (Å²) in [6.45, 7) is 5.45. The van der Waals surface area contributed by atoms with Gasteiger partial charge in [-0.05, 0) is 34.0 Å². The van der Waals surface area contributed by atoms with Gasteiger partial charge in [-0.1, -0.05) is 11.6 Å². The van der Waals surface area contributed by atoms with Gasteiger partial charge in [-0.2, -0.15) is 5.10 Å². The van der Waals surface area contributed by atoms with Crippen LogP contribution >= 0.6 is 11.6 Å². The predicted molar refractivity (Wildman–Crippen MR) is 80.0 cm³/mol. The Morgan fingerprint density at radius 3 is 2.70 bits per heavy atom. The van der Waals surface area contributed by atoms with E-state index in [9.17, 15) is 0 Å². The number of aryl methyl sites for hydroxylation is 2. The van der Waals surface area contributed by atoms with Crippen LogP contribution in [-0.2, 0) is 6.54 Å². The highest BCUT2D eigenvalue weighted by Crippen LogP contribution is 2.29. The van der Waals surface area contributed by atoms with E-state index in [-0.39, 0.29) is 6.04 Å². The second-order valence-electron chi connectivity index (χ2n) is 5.25. The molecular weight excluding hydrogens is 276 g/mol. The van der Waals surface area contributed by atoms with Gasteiger partial charge in [0.1, 0.15) is 11.5 Å². The molecule has 0 saturated heterocycles. The number of nitrogens with zero attached hydrogens (tertiary/aromatic N) is 3. The maximum Gasteiger partial charge on any atom is 0.106 e. The molecule has 0 amide bonds. The normalized spacial score (nSPS) is 13.2. The van der Waals surface area contributed by atoms with Gasteiger partial charge in [-0.3, -0.25) is 4.68 Å². The van der Waals surface area contributed by atoms with E-state index in [1.165, 1.54) is 0 Å². The lowest BCUT2D eigenvalue weighted by atomic mass is 10.1. The van der Waals surface area contributed by atoms with E-state index in [1.54, 1.807) is 6.20 Å². The number of rotatable bonds is 5. The largest absolute Gasteiger partial charge is 0.466 e. The Kier molecular flexibility index (Phi) is 4.52. The average Bonchev–Trinajstić information content (AvgIpc) is 2.89. The number of hydrogen-bond acceptors (Lipinski definition) is 4. The van der Waals surface area contributed by atoms with Gasteiger partial charge in [-0.25, -0.2) is 0 Å². The highest BCUT2D eigenvalue weighted by molar-refractivity contribution is 6.31. The molecule has 0 aliphatic rings. The fraction of sp³-hybridized carbons (Fsp3) is 0.500. The van der Waals surface area contributed by atoms with Gasteiger partial charge in [0.2, 0.25) is 0 Å². The quantitative estimate of drug-likeness (QED) is 0.920. The van der Waals surface area contributed by atoms with Crippen LogP contribution in [0.5, 0.6) is 0 Å². The minimum absolute atomic E-state index is 0.329. The maximum atomic E-state index is 6.36. The maximum absolute atomic E-state index is 6.36. The summed E-state index contributed by atoms with van der Waals surface area (Å²) in [5.74, 6) is 1.68. The first-order valence-corrected chi connectivity index (χ1v) is 6.96. The number of likely N-dealkylation sites (N-methyl/N-ethyl adjacent to an activating group) is 1. The zero-order valence-corrected chi connectivity index (χ0v) is 13.1. The van der Waals surface area contributed by atoms with Gasteiger partial charge in [0.25, 0.3) is 0 Å². The molecule has 2 aromatic rings. The van der Waals surface area contributed by atoms with Gasteiger partial charge in [0.05, 0.1) is 29.5 Å². The first-order valence-electron chi connectivity index (χ1n) is 6.58. The topological polar surface area (TPSA) is 60.2 Å². The van der Waals surface area contributed by atoms with Crippen molar-refractivity contribution < 1.29 is 4.42 Å². The minimum atomic E-state index is -0.329. The molecule has 1 unspecified atom stereocenters. The van der Waals surface area contributed by atoms with Crippen molar-refractivity contribution in [3.63, 3.8) is 0 Å². The molecule has 0 aromatic carbocycles. The van der Waals surface area contributed by atoms with E-state index in [1.807, 2.05) is 38.7 Å². The lowest BCUT2D eigenvalue weighted by Crippen LogP contribution is -2.23. The summed E-state index contributed by atoms with van der Waals surface area (Å²) >= 11 is 6.26. The van der Waals surface area contributed by atoms with Crippen LogP contribution in [0.25, 0.3) is 0 Å². The molecule has 0 aliphatic carbocycles. The summed E-state index contributed by atoms with van der Waals surface area (Å²) in [5, 5.41) is 4.91. The zero-order valence-electron chi connectivity index (χ0n) is 12.4. The van der Waals surface area contributed by atoms with Gasteiger partial charge in [0.15, 0.2) is 0 Å². The summed E-state index contributed by atoms with van der Waals surface area (Å²) in [6.07, 6.45) is 1.65. The van der Waals surface area contributed by atoms with Gasteiger partial charge in [-0.15, -0.1) is 0 Å². The predicted octanol–water partition coefficient (Wildman–Crippen LogP) is 2.36. The van der Waals surface area contributed by atoms with Crippen molar-refractivity contribution in [2.24, 2.45) is 5.73 Å². The summed E-state index contributed by atoms with van der Waals surface area (Å²) in [4.78, 5) is 2.10. The van der Waals surface area contributed by atoms with Gasteiger partial charge in [0, 0.05) is 12.1 Å². The van der Waals surface area contributed by atoms with Crippen LogP contribution in [0, 0.1) is 13.8 Å². The SMILES string of the molecule is Cc1cc(C(N)c2c(Cl)cnn2CCN(C)C)c(C)o1. The highest BCUT2D eigenvalue weighted by Gasteiger charge is 2.22. The van der Waals surface area contributed by atoms with E-state index < -0.39 is 0 Å². The average molecular weight is 297 g/mol. The molecule has 5 nitrogen and oxygen atoms in total. The van der Waals surface area contributed by atoms with Gasteiger partial charge < -0.3 is 15.1 Å². The monoisotopic (exact) mass is 296 g/mol.